The maximum atomic E-state index is 12.6. The molecule has 0 atom stereocenters. The monoisotopic (exact) mass is 473 g/mol. The van der Waals surface area contributed by atoms with Crippen LogP contribution in [0.25, 0.3) is 0 Å². The van der Waals surface area contributed by atoms with E-state index in [0.29, 0.717) is 0 Å². The molecular weight excluding hydrogens is 461 g/mol. The lowest BCUT2D eigenvalue weighted by Gasteiger charge is -2.21. The summed E-state index contributed by atoms with van der Waals surface area (Å²) < 4.78 is 0.262. The Kier molecular flexibility index (Phi) is 7.18. The number of para-hydroxylation sites is 1. The second-order valence-corrected chi connectivity index (χ2v) is 7.06. The van der Waals surface area contributed by atoms with E-state index in [1.54, 1.807) is 25.1 Å². The van der Waals surface area contributed by atoms with E-state index in [2.05, 4.69) is 21.2 Å². The topological polar surface area (TPSA) is 92.6 Å². The summed E-state index contributed by atoms with van der Waals surface area (Å²) in [7, 11) is 0. The fourth-order valence-corrected chi connectivity index (χ4v) is 3.15. The molecule has 7 nitrogen and oxygen atoms in total. The maximum absolute atomic E-state index is 12.6. The average molecular weight is 475 g/mol. The molecule has 0 bridgehead atoms. The van der Waals surface area contributed by atoms with Crippen LogP contribution in [0.3, 0.4) is 0 Å². The van der Waals surface area contributed by atoms with E-state index in [4.69, 9.17) is 23.2 Å². The van der Waals surface area contributed by atoms with Crippen LogP contribution in [0, 0.1) is 10.1 Å². The largest absolute Gasteiger partial charge is 0.330 e. The number of anilines is 1. The molecule has 0 saturated carbocycles. The third-order valence-corrected chi connectivity index (χ3v) is 4.92. The highest BCUT2D eigenvalue weighted by Gasteiger charge is 2.22. The number of amides is 2. The maximum Gasteiger partial charge on any atom is 0.284 e. The molecular formula is C17H14BrCl2N3O4. The molecule has 2 aromatic carbocycles. The minimum Gasteiger partial charge on any atom is -0.330 e. The minimum absolute atomic E-state index is 0.107. The standard InChI is InChI=1S/C17H14BrCl2N3O4/c1-2-22(9-15(24)21-16-12(19)4-3-5-13(16)20)17(25)10-6-7-11(18)14(8-10)23(26)27/h3-8H,2,9H2,1H3,(H,21,24). The molecule has 27 heavy (non-hydrogen) atoms. The number of nitro benzene ring substituents is 1. The van der Waals surface area contributed by atoms with Crippen molar-refractivity contribution in [2.45, 2.75) is 6.92 Å². The zero-order valence-corrected chi connectivity index (χ0v) is 17.1. The second kappa shape index (κ2) is 9.16. The van der Waals surface area contributed by atoms with Gasteiger partial charge in [-0.3, -0.25) is 19.7 Å². The zero-order valence-electron chi connectivity index (χ0n) is 14.0. The number of nitrogens with one attached hydrogen (secondary N) is 1. The van der Waals surface area contributed by atoms with Crippen LogP contribution in [0.5, 0.6) is 0 Å². The van der Waals surface area contributed by atoms with Gasteiger partial charge < -0.3 is 10.2 Å². The van der Waals surface area contributed by atoms with Crippen molar-refractivity contribution in [3.05, 3.63) is 66.6 Å². The molecule has 0 fully saturated rings. The van der Waals surface area contributed by atoms with Crippen molar-refractivity contribution in [3.8, 4) is 0 Å². The van der Waals surface area contributed by atoms with Crippen LogP contribution in [0.1, 0.15) is 17.3 Å². The molecule has 0 aromatic heterocycles. The summed E-state index contributed by atoms with van der Waals surface area (Å²) in [4.78, 5) is 36.7. The van der Waals surface area contributed by atoms with E-state index in [9.17, 15) is 19.7 Å². The summed E-state index contributed by atoms with van der Waals surface area (Å²) in [6.07, 6.45) is 0. The van der Waals surface area contributed by atoms with Crippen molar-refractivity contribution < 1.29 is 14.5 Å². The van der Waals surface area contributed by atoms with Gasteiger partial charge in [0, 0.05) is 18.2 Å². The molecule has 0 aliphatic carbocycles. The molecule has 0 unspecified atom stereocenters. The van der Waals surface area contributed by atoms with E-state index in [1.807, 2.05) is 0 Å². The molecule has 0 spiro atoms. The fourth-order valence-electron chi connectivity index (χ4n) is 2.26. The predicted octanol–water partition coefficient (Wildman–Crippen LogP) is 4.76. The van der Waals surface area contributed by atoms with E-state index >= 15 is 0 Å². The van der Waals surface area contributed by atoms with Gasteiger partial charge in [-0.25, -0.2) is 0 Å². The molecule has 0 radical (unpaired) electrons. The van der Waals surface area contributed by atoms with Crippen LogP contribution in [0.15, 0.2) is 40.9 Å². The van der Waals surface area contributed by atoms with Crippen molar-refractivity contribution in [2.24, 2.45) is 0 Å². The highest BCUT2D eigenvalue weighted by molar-refractivity contribution is 9.10. The van der Waals surface area contributed by atoms with Gasteiger partial charge in [0.25, 0.3) is 11.6 Å². The minimum atomic E-state index is -0.594. The normalized spacial score (nSPS) is 10.4. The van der Waals surface area contributed by atoms with E-state index in [0.717, 1.165) is 6.07 Å². The SMILES string of the molecule is CCN(CC(=O)Nc1c(Cl)cccc1Cl)C(=O)c1ccc(Br)c([N+](=O)[O-])c1. The molecule has 0 aliphatic rings. The van der Waals surface area contributed by atoms with Crippen molar-refractivity contribution in [1.82, 2.24) is 4.90 Å². The first-order valence-corrected chi connectivity index (χ1v) is 9.26. The van der Waals surface area contributed by atoms with Gasteiger partial charge in [-0.2, -0.15) is 0 Å². The summed E-state index contributed by atoms with van der Waals surface area (Å²) in [6.45, 7) is 1.66. The third-order valence-electron chi connectivity index (χ3n) is 3.62. The third kappa shape index (κ3) is 5.18. The predicted molar refractivity (Wildman–Crippen MR) is 107 cm³/mol. The molecule has 1 N–H and O–H groups in total. The lowest BCUT2D eigenvalue weighted by atomic mass is 10.1. The van der Waals surface area contributed by atoms with E-state index in [-0.39, 0.29) is 44.5 Å². The fraction of sp³-hybridized carbons (Fsp3) is 0.176. The highest BCUT2D eigenvalue weighted by Crippen LogP contribution is 2.30. The Balaban J connectivity index is 2.17. The smallest absolute Gasteiger partial charge is 0.284 e. The number of carbonyl (C=O) groups excluding carboxylic acids is 2. The first-order chi connectivity index (χ1) is 12.7. The van der Waals surface area contributed by atoms with Crippen LogP contribution in [-0.2, 0) is 4.79 Å². The molecule has 0 aliphatic heterocycles. The Morgan fingerprint density at radius 2 is 1.85 bits per heavy atom. The highest BCUT2D eigenvalue weighted by atomic mass is 79.9. The van der Waals surface area contributed by atoms with Crippen molar-refractivity contribution in [2.75, 3.05) is 18.4 Å². The molecule has 10 heteroatoms. The van der Waals surface area contributed by atoms with Gasteiger partial charge in [-0.1, -0.05) is 29.3 Å². The summed E-state index contributed by atoms with van der Waals surface area (Å²) in [5, 5.41) is 14.2. The number of likely N-dealkylation sites (N-methyl/N-ethyl adjacent to an activating group) is 1. The van der Waals surface area contributed by atoms with Crippen molar-refractivity contribution >= 4 is 62.3 Å². The lowest BCUT2D eigenvalue weighted by molar-refractivity contribution is -0.385. The van der Waals surface area contributed by atoms with Gasteiger partial charge in [-0.15, -0.1) is 0 Å². The Morgan fingerprint density at radius 3 is 2.41 bits per heavy atom. The van der Waals surface area contributed by atoms with Crippen LogP contribution >= 0.6 is 39.1 Å². The number of rotatable bonds is 6. The van der Waals surface area contributed by atoms with Crippen LogP contribution in [-0.4, -0.2) is 34.7 Å². The van der Waals surface area contributed by atoms with Gasteiger partial charge in [-0.05, 0) is 47.1 Å². The molecule has 0 heterocycles. The summed E-state index contributed by atoms with van der Waals surface area (Å²) in [6, 6.07) is 8.83. The number of halogens is 3. The number of carbonyl (C=O) groups is 2. The van der Waals surface area contributed by atoms with Gasteiger partial charge in [0.05, 0.1) is 25.1 Å². The summed E-state index contributed by atoms with van der Waals surface area (Å²) in [5.74, 6) is -1.000. The zero-order chi connectivity index (χ0) is 20.1. The average Bonchev–Trinajstić information content (AvgIpc) is 2.62. The van der Waals surface area contributed by atoms with Crippen molar-refractivity contribution in [1.29, 1.82) is 0 Å². The quantitative estimate of drug-likeness (QED) is 0.482. The van der Waals surface area contributed by atoms with E-state index < -0.39 is 16.7 Å². The van der Waals surface area contributed by atoms with Crippen molar-refractivity contribution in [3.63, 3.8) is 0 Å². The van der Waals surface area contributed by atoms with Gasteiger partial charge in [0.2, 0.25) is 5.91 Å². The Bertz CT molecular complexity index is 887. The Labute approximate surface area is 173 Å². The van der Waals surface area contributed by atoms with Gasteiger partial charge in [0.15, 0.2) is 0 Å². The van der Waals surface area contributed by atoms with Crippen LogP contribution in [0.4, 0.5) is 11.4 Å². The van der Waals surface area contributed by atoms with Crippen LogP contribution < -0.4 is 5.32 Å². The number of hydrogen-bond donors (Lipinski definition) is 1. The molecule has 2 amide bonds. The second-order valence-electron chi connectivity index (χ2n) is 5.39. The molecule has 2 aromatic rings. The molecule has 142 valence electrons. The summed E-state index contributed by atoms with van der Waals surface area (Å²) in [5.41, 5.74) is 0.133. The molecule has 2 rings (SSSR count). The van der Waals surface area contributed by atoms with Gasteiger partial charge >= 0.3 is 0 Å². The number of benzene rings is 2. The van der Waals surface area contributed by atoms with Crippen LogP contribution in [0.2, 0.25) is 10.0 Å². The van der Waals surface area contributed by atoms with E-state index in [1.165, 1.54) is 17.0 Å². The first kappa shape index (κ1) is 21.1. The summed E-state index contributed by atoms with van der Waals surface area (Å²) >= 11 is 15.1. The Morgan fingerprint density at radius 1 is 1.22 bits per heavy atom. The first-order valence-electron chi connectivity index (χ1n) is 7.71. The number of nitro groups is 1. The van der Waals surface area contributed by atoms with Gasteiger partial charge in [0.1, 0.15) is 6.54 Å². The Hall–Kier alpha value is -2.16. The number of nitrogens with zero attached hydrogens (tertiary/aromatic N) is 2. The molecule has 0 saturated heterocycles. The number of hydrogen-bond acceptors (Lipinski definition) is 4. The lowest BCUT2D eigenvalue weighted by Crippen LogP contribution is -2.38.